The maximum Gasteiger partial charge on any atom is 0.223 e. The maximum absolute atomic E-state index is 5.61. The van der Waals surface area contributed by atoms with Crippen LogP contribution in [0.4, 0.5) is 17.6 Å². The Morgan fingerprint density at radius 3 is 2.68 bits per heavy atom. The summed E-state index contributed by atoms with van der Waals surface area (Å²) in [5.41, 5.74) is 8.08. The first-order valence-corrected chi connectivity index (χ1v) is 6.81. The van der Waals surface area contributed by atoms with Crippen molar-refractivity contribution in [2.24, 2.45) is 5.84 Å². The van der Waals surface area contributed by atoms with Gasteiger partial charge in [0.05, 0.1) is 0 Å². The number of aromatic nitrogens is 2. The Balaban J connectivity index is 2.02. The lowest BCUT2D eigenvalue weighted by atomic mass is 10.2. The van der Waals surface area contributed by atoms with Crippen LogP contribution < -0.4 is 22.3 Å². The number of aryl methyl sites for hydroxylation is 1. The fourth-order valence-corrected chi connectivity index (χ4v) is 2.83. The van der Waals surface area contributed by atoms with Gasteiger partial charge >= 0.3 is 0 Å². The Hall–Kier alpha value is -1.86. The van der Waals surface area contributed by atoms with Crippen LogP contribution in [0, 0.1) is 6.92 Å². The third kappa shape index (κ3) is 3.80. The minimum absolute atomic E-state index is 0.192. The third-order valence-corrected chi connectivity index (χ3v) is 3.61. The number of hydrazine groups is 1. The van der Waals surface area contributed by atoms with Crippen molar-refractivity contribution in [2.45, 2.75) is 26.3 Å². The van der Waals surface area contributed by atoms with Crippen molar-refractivity contribution in [1.82, 2.24) is 9.97 Å². The molecule has 1 atom stereocenters. The number of rotatable bonds is 5. The van der Waals surface area contributed by atoms with Gasteiger partial charge in [0.2, 0.25) is 5.95 Å². The largest absolute Gasteiger partial charge is 0.368 e. The van der Waals surface area contributed by atoms with Crippen molar-refractivity contribution in [1.29, 1.82) is 0 Å². The minimum atomic E-state index is 0.192. The third-order valence-electron chi connectivity index (χ3n) is 2.59. The molecule has 19 heavy (non-hydrogen) atoms. The number of nitrogen functional groups attached to an aromatic ring is 2. The predicted molar refractivity (Wildman–Crippen MR) is 80.1 cm³/mol. The molecule has 0 aromatic carbocycles. The highest BCUT2D eigenvalue weighted by Gasteiger charge is 2.08. The van der Waals surface area contributed by atoms with Gasteiger partial charge in [0.25, 0.3) is 0 Å². The van der Waals surface area contributed by atoms with Gasteiger partial charge in [-0.05, 0) is 26.0 Å². The second-order valence-corrected chi connectivity index (χ2v) is 5.78. The van der Waals surface area contributed by atoms with Gasteiger partial charge in [0, 0.05) is 28.3 Å². The van der Waals surface area contributed by atoms with E-state index < -0.39 is 0 Å². The molecule has 0 radical (unpaired) electrons. The van der Waals surface area contributed by atoms with Gasteiger partial charge in [-0.2, -0.15) is 9.97 Å². The molecule has 0 aliphatic rings. The van der Waals surface area contributed by atoms with E-state index in [0.717, 1.165) is 6.42 Å². The van der Waals surface area contributed by atoms with E-state index in [9.17, 15) is 0 Å². The Kier molecular flexibility index (Phi) is 4.18. The summed E-state index contributed by atoms with van der Waals surface area (Å²) in [4.78, 5) is 10.7. The van der Waals surface area contributed by atoms with E-state index in [-0.39, 0.29) is 12.0 Å². The van der Waals surface area contributed by atoms with Crippen LogP contribution in [0.25, 0.3) is 0 Å². The van der Waals surface area contributed by atoms with Crippen molar-refractivity contribution in [3.8, 4) is 0 Å². The molecule has 2 rings (SSSR count). The number of nitrogens with one attached hydrogen (secondary N) is 2. The monoisotopic (exact) mass is 278 g/mol. The lowest BCUT2D eigenvalue weighted by molar-refractivity contribution is 0.794. The zero-order chi connectivity index (χ0) is 13.8. The fourth-order valence-electron chi connectivity index (χ4n) is 1.81. The standard InChI is InChI=1S/C12H18N6S/c1-7(5-9-4-3-8(2)19-9)15-10-6-11(18-14)17-12(13)16-10/h3-4,6-7H,5,14H2,1-2H3,(H4,13,15,16,17,18). The smallest absolute Gasteiger partial charge is 0.223 e. The van der Waals surface area contributed by atoms with Gasteiger partial charge in [-0.25, -0.2) is 5.84 Å². The van der Waals surface area contributed by atoms with Crippen LogP contribution in [0.5, 0.6) is 0 Å². The quantitative estimate of drug-likeness (QED) is 0.491. The highest BCUT2D eigenvalue weighted by atomic mass is 32.1. The van der Waals surface area contributed by atoms with Crippen molar-refractivity contribution in [3.05, 3.63) is 28.0 Å². The molecule has 102 valence electrons. The highest BCUT2D eigenvalue weighted by molar-refractivity contribution is 7.11. The number of nitrogens with zero attached hydrogens (tertiary/aromatic N) is 2. The summed E-state index contributed by atoms with van der Waals surface area (Å²) in [7, 11) is 0. The first-order chi connectivity index (χ1) is 9.06. The molecule has 0 bridgehead atoms. The lowest BCUT2D eigenvalue weighted by Gasteiger charge is -2.14. The van der Waals surface area contributed by atoms with E-state index >= 15 is 0 Å². The molecule has 0 saturated carbocycles. The van der Waals surface area contributed by atoms with Crippen molar-refractivity contribution >= 4 is 28.9 Å². The molecule has 2 aromatic heterocycles. The molecule has 6 N–H and O–H groups in total. The molecule has 0 aliphatic carbocycles. The minimum Gasteiger partial charge on any atom is -0.368 e. The topological polar surface area (TPSA) is 102 Å². The summed E-state index contributed by atoms with van der Waals surface area (Å²) >= 11 is 1.81. The van der Waals surface area contributed by atoms with Crippen molar-refractivity contribution in [2.75, 3.05) is 16.5 Å². The Morgan fingerprint density at radius 1 is 1.32 bits per heavy atom. The first kappa shape index (κ1) is 13.6. The molecular formula is C12H18N6S. The Morgan fingerprint density at radius 2 is 2.05 bits per heavy atom. The average Bonchev–Trinajstić information content (AvgIpc) is 2.73. The van der Waals surface area contributed by atoms with Crippen LogP contribution in [0.15, 0.2) is 18.2 Å². The fraction of sp³-hybridized carbons (Fsp3) is 0.333. The van der Waals surface area contributed by atoms with Gasteiger partial charge in [0.1, 0.15) is 11.6 Å². The summed E-state index contributed by atoms with van der Waals surface area (Å²) in [6, 6.07) is 6.26. The summed E-state index contributed by atoms with van der Waals surface area (Å²) in [6.07, 6.45) is 0.938. The van der Waals surface area contributed by atoms with Gasteiger partial charge in [0.15, 0.2) is 0 Å². The van der Waals surface area contributed by atoms with Crippen LogP contribution in [-0.4, -0.2) is 16.0 Å². The van der Waals surface area contributed by atoms with E-state index in [4.69, 9.17) is 11.6 Å². The number of hydrogen-bond acceptors (Lipinski definition) is 7. The number of hydrogen-bond donors (Lipinski definition) is 4. The predicted octanol–water partition coefficient (Wildman–Crippen LogP) is 1.76. The van der Waals surface area contributed by atoms with Crippen LogP contribution in [0.2, 0.25) is 0 Å². The first-order valence-electron chi connectivity index (χ1n) is 6.00. The summed E-state index contributed by atoms with van der Waals surface area (Å²) in [6.45, 7) is 4.21. The second-order valence-electron chi connectivity index (χ2n) is 4.40. The van der Waals surface area contributed by atoms with E-state index in [0.29, 0.717) is 11.6 Å². The van der Waals surface area contributed by atoms with Gasteiger partial charge < -0.3 is 16.5 Å². The highest BCUT2D eigenvalue weighted by Crippen LogP contribution is 2.19. The average molecular weight is 278 g/mol. The number of anilines is 3. The maximum atomic E-state index is 5.61. The molecule has 6 nitrogen and oxygen atoms in total. The molecule has 0 fully saturated rings. The SMILES string of the molecule is Cc1ccc(CC(C)Nc2cc(NN)nc(N)n2)s1. The molecule has 0 amide bonds. The molecule has 7 heteroatoms. The van der Waals surface area contributed by atoms with Crippen molar-refractivity contribution in [3.63, 3.8) is 0 Å². The zero-order valence-corrected chi connectivity index (χ0v) is 11.8. The molecule has 0 spiro atoms. The van der Waals surface area contributed by atoms with E-state index in [2.05, 4.69) is 46.7 Å². The number of thiophene rings is 1. The number of nitrogens with two attached hydrogens (primary N) is 2. The van der Waals surface area contributed by atoms with Crippen molar-refractivity contribution < 1.29 is 0 Å². The van der Waals surface area contributed by atoms with Gasteiger partial charge in [-0.3, -0.25) is 0 Å². The van der Waals surface area contributed by atoms with Gasteiger partial charge in [-0.15, -0.1) is 11.3 Å². The van der Waals surface area contributed by atoms with E-state index in [1.165, 1.54) is 9.75 Å². The van der Waals surface area contributed by atoms with Crippen LogP contribution in [-0.2, 0) is 6.42 Å². The van der Waals surface area contributed by atoms with Crippen LogP contribution in [0.1, 0.15) is 16.7 Å². The second kappa shape index (κ2) is 5.85. The Labute approximate surface area is 116 Å². The molecule has 2 aromatic rings. The van der Waals surface area contributed by atoms with Crippen LogP contribution >= 0.6 is 11.3 Å². The summed E-state index contributed by atoms with van der Waals surface area (Å²) in [5.74, 6) is 6.68. The zero-order valence-electron chi connectivity index (χ0n) is 11.0. The normalized spacial score (nSPS) is 12.2. The van der Waals surface area contributed by atoms with Crippen LogP contribution in [0.3, 0.4) is 0 Å². The summed E-state index contributed by atoms with van der Waals surface area (Å²) < 4.78 is 0. The molecular weight excluding hydrogens is 260 g/mol. The van der Waals surface area contributed by atoms with E-state index in [1.807, 2.05) is 11.3 Å². The molecule has 0 saturated heterocycles. The molecule has 0 aliphatic heterocycles. The van der Waals surface area contributed by atoms with E-state index in [1.54, 1.807) is 6.07 Å². The van der Waals surface area contributed by atoms with Gasteiger partial charge in [-0.1, -0.05) is 0 Å². The summed E-state index contributed by atoms with van der Waals surface area (Å²) in [5, 5.41) is 3.30. The Bertz CT molecular complexity index is 553. The molecule has 1 unspecified atom stereocenters. The molecule has 2 heterocycles. The lowest BCUT2D eigenvalue weighted by Crippen LogP contribution is -2.19.